The number of carbonyl (C=O) groups excluding carboxylic acids is 3. The van der Waals surface area contributed by atoms with E-state index < -0.39 is 35.6 Å². The minimum Gasteiger partial charge on any atom is -0.394 e. The van der Waals surface area contributed by atoms with Crippen LogP contribution in [-0.4, -0.2) is 58.6 Å². The number of aryl methyl sites for hydroxylation is 2. The molecule has 2 aromatic rings. The predicted molar refractivity (Wildman–Crippen MR) is 139 cm³/mol. The second-order valence-corrected chi connectivity index (χ2v) is 10.5. The maximum atomic E-state index is 14.2. The molecule has 0 aliphatic carbocycles. The Morgan fingerprint density at radius 2 is 1.92 bits per heavy atom. The van der Waals surface area contributed by atoms with Gasteiger partial charge in [0.15, 0.2) is 0 Å². The van der Waals surface area contributed by atoms with Crippen molar-refractivity contribution in [1.29, 1.82) is 0 Å². The SMILES string of the molecule is CCCNC(=O)[C@@H]1[C@H]2C(=O)N([C@H](CO)c3ccccc3)C(C(=O)Nc3cc(C)ccc3C)C23CC[C@H]1O3. The number of aliphatic hydroxyl groups is 1. The number of benzene rings is 2. The van der Waals surface area contributed by atoms with Crippen molar-refractivity contribution >= 4 is 23.4 Å². The number of nitrogens with zero attached hydrogens (tertiary/aromatic N) is 1. The molecule has 1 spiro atoms. The molecule has 8 nitrogen and oxygen atoms in total. The van der Waals surface area contributed by atoms with Crippen LogP contribution in [0.1, 0.15) is 48.9 Å². The molecule has 6 atom stereocenters. The molecule has 37 heavy (non-hydrogen) atoms. The smallest absolute Gasteiger partial charge is 0.250 e. The number of hydrogen-bond donors (Lipinski definition) is 3. The molecule has 3 heterocycles. The maximum Gasteiger partial charge on any atom is 0.250 e. The summed E-state index contributed by atoms with van der Waals surface area (Å²) < 4.78 is 6.49. The summed E-state index contributed by atoms with van der Waals surface area (Å²) in [5, 5.41) is 16.5. The lowest BCUT2D eigenvalue weighted by molar-refractivity contribution is -0.144. The van der Waals surface area contributed by atoms with E-state index >= 15 is 0 Å². The standard InChI is InChI=1S/C29H35N3O5/c1-4-14-30-26(34)23-22-12-13-29(37-22)24(23)28(36)32(21(16-33)19-8-6-5-7-9-19)25(29)27(35)31-20-15-17(2)10-11-18(20)3/h5-11,15,21-25,33H,4,12-14,16H2,1-3H3,(H,30,34)(H,31,35)/t21-,22-,23+,24+,25?,29?/m1/s1. The van der Waals surface area contributed by atoms with Gasteiger partial charge in [0, 0.05) is 12.2 Å². The van der Waals surface area contributed by atoms with E-state index in [9.17, 15) is 19.5 Å². The van der Waals surface area contributed by atoms with Gasteiger partial charge in [-0.3, -0.25) is 14.4 Å². The van der Waals surface area contributed by atoms with Gasteiger partial charge in [-0.1, -0.05) is 49.4 Å². The first-order valence-corrected chi connectivity index (χ1v) is 13.1. The summed E-state index contributed by atoms with van der Waals surface area (Å²) in [6.07, 6.45) is 1.47. The third kappa shape index (κ3) is 4.12. The van der Waals surface area contributed by atoms with Crippen LogP contribution in [0.25, 0.3) is 0 Å². The normalized spacial score (nSPS) is 28.8. The highest BCUT2D eigenvalue weighted by Crippen LogP contribution is 2.59. The first kappa shape index (κ1) is 25.4. The van der Waals surface area contributed by atoms with Crippen LogP contribution < -0.4 is 10.6 Å². The Kier molecular flexibility index (Phi) is 6.81. The number of aliphatic hydroxyl groups excluding tert-OH is 1. The molecular weight excluding hydrogens is 470 g/mol. The monoisotopic (exact) mass is 505 g/mol. The fraction of sp³-hybridized carbons (Fsp3) is 0.483. The summed E-state index contributed by atoms with van der Waals surface area (Å²) in [4.78, 5) is 43.0. The molecule has 2 aromatic carbocycles. The Bertz CT molecular complexity index is 1200. The summed E-state index contributed by atoms with van der Waals surface area (Å²) in [5.41, 5.74) is 2.17. The van der Waals surface area contributed by atoms with Gasteiger partial charge < -0.3 is 25.4 Å². The third-order valence-corrected chi connectivity index (χ3v) is 8.18. The minimum atomic E-state index is -1.13. The van der Waals surface area contributed by atoms with Gasteiger partial charge in [-0.05, 0) is 55.9 Å². The predicted octanol–water partition coefficient (Wildman–Crippen LogP) is 2.88. The van der Waals surface area contributed by atoms with Crippen molar-refractivity contribution in [3.05, 3.63) is 65.2 Å². The average molecular weight is 506 g/mol. The lowest BCUT2D eigenvalue weighted by atomic mass is 9.70. The van der Waals surface area contributed by atoms with Crippen LogP contribution in [0.2, 0.25) is 0 Å². The van der Waals surface area contributed by atoms with E-state index in [1.165, 1.54) is 4.90 Å². The van der Waals surface area contributed by atoms with Gasteiger partial charge in [0.25, 0.3) is 0 Å². The molecule has 8 heteroatoms. The number of ether oxygens (including phenoxy) is 1. The van der Waals surface area contributed by atoms with Crippen LogP contribution >= 0.6 is 0 Å². The van der Waals surface area contributed by atoms with E-state index in [0.29, 0.717) is 25.1 Å². The molecule has 3 aliphatic rings. The number of fused-ring (bicyclic) bond motifs is 1. The topological polar surface area (TPSA) is 108 Å². The van der Waals surface area contributed by atoms with Gasteiger partial charge in [0.2, 0.25) is 17.7 Å². The van der Waals surface area contributed by atoms with E-state index in [1.54, 1.807) is 0 Å². The highest BCUT2D eigenvalue weighted by atomic mass is 16.5. The van der Waals surface area contributed by atoms with Crippen LogP contribution in [0.15, 0.2) is 48.5 Å². The fourth-order valence-corrected chi connectivity index (χ4v) is 6.49. The molecule has 3 saturated heterocycles. The molecule has 0 saturated carbocycles. The number of likely N-dealkylation sites (tertiary alicyclic amines) is 1. The van der Waals surface area contributed by atoms with Crippen molar-refractivity contribution in [3.8, 4) is 0 Å². The van der Waals surface area contributed by atoms with Crippen molar-refractivity contribution in [1.82, 2.24) is 10.2 Å². The van der Waals surface area contributed by atoms with Crippen LogP contribution in [0.5, 0.6) is 0 Å². The number of carbonyl (C=O) groups is 3. The number of nitrogens with one attached hydrogen (secondary N) is 2. The van der Waals surface area contributed by atoms with E-state index in [4.69, 9.17) is 4.74 Å². The van der Waals surface area contributed by atoms with Crippen molar-refractivity contribution in [2.45, 2.75) is 63.8 Å². The number of anilines is 1. The molecule has 3 amide bonds. The highest BCUT2D eigenvalue weighted by Gasteiger charge is 2.75. The van der Waals surface area contributed by atoms with Crippen LogP contribution in [0, 0.1) is 25.7 Å². The van der Waals surface area contributed by atoms with Crippen LogP contribution in [0.3, 0.4) is 0 Å². The number of amides is 3. The van der Waals surface area contributed by atoms with Gasteiger partial charge in [-0.2, -0.15) is 0 Å². The van der Waals surface area contributed by atoms with Crippen LogP contribution in [0.4, 0.5) is 5.69 Å². The quantitative estimate of drug-likeness (QED) is 0.511. The zero-order chi connectivity index (χ0) is 26.3. The van der Waals surface area contributed by atoms with E-state index in [0.717, 1.165) is 23.1 Å². The zero-order valence-electron chi connectivity index (χ0n) is 21.6. The molecule has 3 fully saturated rings. The summed E-state index contributed by atoms with van der Waals surface area (Å²) in [7, 11) is 0. The molecule has 2 bridgehead atoms. The molecule has 3 aliphatic heterocycles. The molecule has 0 aromatic heterocycles. The number of hydrogen-bond acceptors (Lipinski definition) is 5. The summed E-state index contributed by atoms with van der Waals surface area (Å²) in [6.45, 7) is 6.00. The zero-order valence-corrected chi connectivity index (χ0v) is 21.6. The summed E-state index contributed by atoms with van der Waals surface area (Å²) >= 11 is 0. The Hall–Kier alpha value is -3.23. The molecule has 0 radical (unpaired) electrons. The largest absolute Gasteiger partial charge is 0.394 e. The Labute approximate surface area is 217 Å². The number of rotatable bonds is 8. The van der Waals surface area contributed by atoms with Gasteiger partial charge in [0.05, 0.1) is 30.6 Å². The summed E-state index contributed by atoms with van der Waals surface area (Å²) in [5.74, 6) is -2.33. The van der Waals surface area contributed by atoms with Crippen LogP contribution in [-0.2, 0) is 19.1 Å². The lowest BCUT2D eigenvalue weighted by Crippen LogP contribution is -2.54. The molecule has 196 valence electrons. The van der Waals surface area contributed by atoms with Crippen molar-refractivity contribution < 1.29 is 24.2 Å². The van der Waals surface area contributed by atoms with E-state index in [1.807, 2.05) is 69.3 Å². The van der Waals surface area contributed by atoms with Gasteiger partial charge in [-0.25, -0.2) is 0 Å². The lowest BCUT2D eigenvalue weighted by Gasteiger charge is -2.37. The highest BCUT2D eigenvalue weighted by molar-refractivity contribution is 6.04. The first-order valence-electron chi connectivity index (χ1n) is 13.1. The second-order valence-electron chi connectivity index (χ2n) is 10.5. The van der Waals surface area contributed by atoms with Crippen molar-refractivity contribution in [3.63, 3.8) is 0 Å². The van der Waals surface area contributed by atoms with Crippen molar-refractivity contribution in [2.24, 2.45) is 11.8 Å². The molecule has 3 N–H and O–H groups in total. The fourth-order valence-electron chi connectivity index (χ4n) is 6.49. The minimum absolute atomic E-state index is 0.206. The second kappa shape index (κ2) is 9.91. The summed E-state index contributed by atoms with van der Waals surface area (Å²) in [6, 6.07) is 13.3. The molecule has 2 unspecified atom stereocenters. The Balaban J connectivity index is 1.58. The molecular formula is C29H35N3O5. The maximum absolute atomic E-state index is 14.2. The van der Waals surface area contributed by atoms with E-state index in [-0.39, 0.29) is 24.3 Å². The van der Waals surface area contributed by atoms with Crippen molar-refractivity contribution in [2.75, 3.05) is 18.5 Å². The van der Waals surface area contributed by atoms with Gasteiger partial charge in [-0.15, -0.1) is 0 Å². The van der Waals surface area contributed by atoms with Gasteiger partial charge in [0.1, 0.15) is 11.6 Å². The van der Waals surface area contributed by atoms with Gasteiger partial charge >= 0.3 is 0 Å². The molecule has 5 rings (SSSR count). The first-order chi connectivity index (χ1) is 17.8. The van der Waals surface area contributed by atoms with E-state index in [2.05, 4.69) is 10.6 Å². The Morgan fingerprint density at radius 3 is 2.62 bits per heavy atom. The average Bonchev–Trinajstić information content (AvgIpc) is 3.53. The third-order valence-electron chi connectivity index (χ3n) is 8.18. The Morgan fingerprint density at radius 1 is 1.16 bits per heavy atom.